The number of furan rings is 1. The third-order valence-electron chi connectivity index (χ3n) is 9.23. The van der Waals surface area contributed by atoms with Gasteiger partial charge in [0.05, 0.1) is 28.1 Å². The van der Waals surface area contributed by atoms with Crippen molar-refractivity contribution in [2.24, 2.45) is 0 Å². The van der Waals surface area contributed by atoms with Gasteiger partial charge in [-0.3, -0.25) is 9.97 Å². The van der Waals surface area contributed by atoms with Crippen LogP contribution in [-0.4, -0.2) is 19.5 Å². The molecule has 0 aliphatic rings. The summed E-state index contributed by atoms with van der Waals surface area (Å²) in [5.74, 6) is 0.792. The minimum atomic E-state index is -2.09. The van der Waals surface area contributed by atoms with Gasteiger partial charge in [-0.2, -0.15) is 0 Å². The van der Waals surface area contributed by atoms with Gasteiger partial charge >= 0.3 is 0 Å². The summed E-state index contributed by atoms with van der Waals surface area (Å²) in [7, 11) is 0. The molecule has 0 aliphatic heterocycles. The van der Waals surface area contributed by atoms with Crippen LogP contribution in [0.4, 0.5) is 0 Å². The van der Waals surface area contributed by atoms with Crippen LogP contribution in [0, 0.1) is 32.8 Å². The van der Waals surface area contributed by atoms with E-state index in [1.165, 1.54) is 17.0 Å². The summed E-state index contributed by atoms with van der Waals surface area (Å²) in [6.07, 6.45) is 1.39. The Labute approximate surface area is 319 Å². The van der Waals surface area contributed by atoms with Crippen LogP contribution in [0.15, 0.2) is 144 Å². The van der Waals surface area contributed by atoms with Crippen LogP contribution in [0.3, 0.4) is 0 Å². The monoisotopic (exact) mass is 852 g/mol. The molecule has 0 fully saturated rings. The maximum Gasteiger partial charge on any atom is 0.129 e. The van der Waals surface area contributed by atoms with E-state index in [1.54, 1.807) is 18.2 Å². The molecule has 1 radical (unpaired) electrons. The summed E-state index contributed by atoms with van der Waals surface area (Å²) in [4.78, 5) is 14.0. The first-order valence-electron chi connectivity index (χ1n) is 18.3. The fraction of sp³-hybridized carbons (Fsp3) is 0.0652. The van der Waals surface area contributed by atoms with Crippen molar-refractivity contribution in [3.8, 4) is 28.3 Å². The number of aromatic nitrogens is 4. The first kappa shape index (κ1) is 29.8. The molecule has 0 aliphatic carbocycles. The van der Waals surface area contributed by atoms with Crippen molar-refractivity contribution in [1.29, 1.82) is 0 Å². The van der Waals surface area contributed by atoms with E-state index in [0.29, 0.717) is 0 Å². The molecular formula is C46H32IrN4O-2. The minimum absolute atomic E-state index is 0. The van der Waals surface area contributed by atoms with Gasteiger partial charge in [-0.15, -0.1) is 54.1 Å². The Balaban J connectivity index is 0.000000212. The number of aryl methyl sites for hydroxylation is 3. The number of nitrogens with zero attached hydrogens (tertiary/aromatic N) is 4. The van der Waals surface area contributed by atoms with E-state index >= 15 is 0 Å². The molecule has 52 heavy (non-hydrogen) atoms. The Morgan fingerprint density at radius 2 is 1.48 bits per heavy atom. The molecular weight excluding hydrogens is 817 g/mol. The van der Waals surface area contributed by atoms with Crippen LogP contribution in [0.1, 0.15) is 21.1 Å². The van der Waals surface area contributed by atoms with Gasteiger partial charge in [0, 0.05) is 52.6 Å². The van der Waals surface area contributed by atoms with E-state index in [9.17, 15) is 0 Å². The third-order valence-corrected chi connectivity index (χ3v) is 9.23. The molecule has 10 rings (SSSR count). The number of fused-ring (bicyclic) bond motifs is 8. The zero-order valence-corrected chi connectivity index (χ0v) is 30.7. The van der Waals surface area contributed by atoms with Crippen molar-refractivity contribution in [1.82, 2.24) is 19.5 Å². The zero-order valence-electron chi connectivity index (χ0n) is 31.3. The van der Waals surface area contributed by atoms with E-state index in [4.69, 9.17) is 18.5 Å². The second-order valence-corrected chi connectivity index (χ2v) is 12.6. The standard InChI is InChI=1S/C34H22N3O.C12H10N.Ir/c1-20-19-29-31(21(2)35-20)37(24-10-4-3-5-11-24)34(36-29)28-14-8-13-26-27-18-17-23-16-15-22-9-6-7-12-25(22)30(23)33(27)38-32(26)28;1-10-7-8-12(13-9-10)11-5-3-2-4-6-11;/h3-13,15-19H,1-2H3;2-5,7-9H,1H3;/q2*-1;/i;1D3;. The Kier molecular flexibility index (Phi) is 7.81. The molecule has 4 heterocycles. The average molecular weight is 852 g/mol. The van der Waals surface area contributed by atoms with Crippen LogP contribution < -0.4 is 0 Å². The molecule has 0 N–H and O–H groups in total. The first-order chi connectivity index (χ1) is 26.2. The summed E-state index contributed by atoms with van der Waals surface area (Å²) in [6, 6.07) is 50.9. The molecule has 4 aromatic heterocycles. The SMILES string of the molecule is Cc1cc2nc(-c3[c-]ccc4c3oc3c4ccc4ccc5ccccc5c43)n(-c3ccccc3)c2c(C)n1.[2H]C([2H])([2H])c1ccc(-c2[c-]cccc2)nc1.[Ir]. The molecule has 10 aromatic rings. The maximum absolute atomic E-state index is 7.23. The van der Waals surface area contributed by atoms with Crippen molar-refractivity contribution in [3.63, 3.8) is 0 Å². The molecule has 0 saturated heterocycles. The van der Waals surface area contributed by atoms with Crippen LogP contribution in [0.5, 0.6) is 0 Å². The van der Waals surface area contributed by atoms with Crippen LogP contribution >= 0.6 is 0 Å². The van der Waals surface area contributed by atoms with Crippen molar-refractivity contribution < 1.29 is 28.6 Å². The van der Waals surface area contributed by atoms with Gasteiger partial charge in [0.1, 0.15) is 5.58 Å². The molecule has 6 heteroatoms. The molecule has 5 nitrogen and oxygen atoms in total. The van der Waals surface area contributed by atoms with Crippen LogP contribution in [0.25, 0.3) is 82.8 Å². The van der Waals surface area contributed by atoms with E-state index in [0.717, 1.165) is 83.5 Å². The summed E-state index contributed by atoms with van der Waals surface area (Å²) in [5, 5.41) is 6.83. The summed E-state index contributed by atoms with van der Waals surface area (Å²) in [6.45, 7) is 1.96. The van der Waals surface area contributed by atoms with Gasteiger partial charge in [0.2, 0.25) is 0 Å². The quantitative estimate of drug-likeness (QED) is 0.131. The van der Waals surface area contributed by atoms with E-state index in [1.807, 2.05) is 62.4 Å². The van der Waals surface area contributed by atoms with E-state index < -0.39 is 6.85 Å². The first-order valence-corrected chi connectivity index (χ1v) is 16.8. The number of imidazole rings is 1. The Morgan fingerprint density at radius 3 is 2.29 bits per heavy atom. The van der Waals surface area contributed by atoms with E-state index in [2.05, 4.69) is 88.4 Å². The number of pyridine rings is 2. The summed E-state index contributed by atoms with van der Waals surface area (Å²) < 4.78 is 30.7. The second kappa shape index (κ2) is 13.6. The molecule has 0 unspecified atom stereocenters. The number of rotatable bonds is 3. The topological polar surface area (TPSA) is 56.7 Å². The van der Waals surface area contributed by atoms with Crippen molar-refractivity contribution >= 4 is 54.5 Å². The Bertz CT molecular complexity index is 2990. The largest absolute Gasteiger partial charge is 0.500 e. The third kappa shape index (κ3) is 5.76. The van der Waals surface area contributed by atoms with Crippen LogP contribution in [-0.2, 0) is 20.1 Å². The number of para-hydroxylation sites is 1. The molecule has 253 valence electrons. The van der Waals surface area contributed by atoms with Crippen LogP contribution in [0.2, 0.25) is 0 Å². The summed E-state index contributed by atoms with van der Waals surface area (Å²) in [5.41, 5.74) is 9.19. The van der Waals surface area contributed by atoms with Crippen molar-refractivity contribution in [3.05, 3.63) is 169 Å². The summed E-state index contributed by atoms with van der Waals surface area (Å²) >= 11 is 0. The predicted molar refractivity (Wildman–Crippen MR) is 208 cm³/mol. The normalized spacial score (nSPS) is 12.3. The Morgan fingerprint density at radius 1 is 0.692 bits per heavy atom. The number of hydrogen-bond donors (Lipinski definition) is 0. The van der Waals surface area contributed by atoms with Gasteiger partial charge < -0.3 is 14.0 Å². The van der Waals surface area contributed by atoms with Crippen molar-refractivity contribution in [2.45, 2.75) is 20.7 Å². The molecule has 6 aromatic carbocycles. The average Bonchev–Trinajstić information content (AvgIpc) is 3.78. The van der Waals surface area contributed by atoms with Gasteiger partial charge in [0.25, 0.3) is 0 Å². The molecule has 0 amide bonds. The Hall–Kier alpha value is -5.94. The smallest absolute Gasteiger partial charge is 0.129 e. The minimum Gasteiger partial charge on any atom is -0.500 e. The van der Waals surface area contributed by atoms with Crippen molar-refractivity contribution in [2.75, 3.05) is 0 Å². The molecule has 0 saturated carbocycles. The van der Waals surface area contributed by atoms with Gasteiger partial charge in [-0.25, -0.2) is 0 Å². The fourth-order valence-electron chi connectivity index (χ4n) is 6.99. The molecule has 0 atom stereocenters. The van der Waals surface area contributed by atoms with Gasteiger partial charge in [-0.1, -0.05) is 89.8 Å². The molecule has 0 spiro atoms. The van der Waals surface area contributed by atoms with Gasteiger partial charge in [0.15, 0.2) is 0 Å². The fourth-order valence-corrected chi connectivity index (χ4v) is 6.99. The van der Waals surface area contributed by atoms with E-state index in [-0.39, 0.29) is 25.7 Å². The van der Waals surface area contributed by atoms with Gasteiger partial charge in [-0.05, 0) is 66.3 Å². The maximum atomic E-state index is 7.23. The number of hydrogen-bond acceptors (Lipinski definition) is 4. The zero-order chi connectivity index (χ0) is 37.0. The number of benzene rings is 6. The predicted octanol–water partition coefficient (Wildman–Crippen LogP) is 11.6. The molecule has 0 bridgehead atoms. The second-order valence-electron chi connectivity index (χ2n) is 12.6.